The van der Waals surface area contributed by atoms with E-state index in [1.54, 1.807) is 41.0 Å². The molecular formula is C35H45BrN4O8. The molecule has 2 fully saturated rings. The quantitative estimate of drug-likeness (QED) is 0.303. The van der Waals surface area contributed by atoms with Crippen LogP contribution in [0.5, 0.6) is 11.6 Å². The van der Waals surface area contributed by atoms with Gasteiger partial charge in [-0.1, -0.05) is 25.0 Å². The van der Waals surface area contributed by atoms with E-state index in [2.05, 4.69) is 31.5 Å². The van der Waals surface area contributed by atoms with Crippen LogP contribution in [0.4, 0.5) is 4.79 Å². The first-order valence-corrected chi connectivity index (χ1v) is 17.4. The third kappa shape index (κ3) is 8.04. The van der Waals surface area contributed by atoms with Crippen LogP contribution >= 0.6 is 15.9 Å². The maximum Gasteiger partial charge on any atom is 0.408 e. The molecule has 260 valence electrons. The van der Waals surface area contributed by atoms with Crippen molar-refractivity contribution < 1.29 is 38.1 Å². The van der Waals surface area contributed by atoms with Gasteiger partial charge in [-0.3, -0.25) is 9.59 Å². The number of fused-ring (bicyclic) bond motifs is 3. The molecule has 1 saturated heterocycles. The molecule has 3 amide bonds. The van der Waals surface area contributed by atoms with Crippen LogP contribution in [0.15, 0.2) is 41.0 Å². The van der Waals surface area contributed by atoms with E-state index in [-0.39, 0.29) is 25.5 Å². The van der Waals surface area contributed by atoms with Crippen molar-refractivity contribution in [3.63, 3.8) is 0 Å². The number of esters is 1. The zero-order valence-electron chi connectivity index (χ0n) is 28.2. The fourth-order valence-corrected chi connectivity index (χ4v) is 6.90. The molecule has 2 aromatic rings. The van der Waals surface area contributed by atoms with Crippen LogP contribution in [0.2, 0.25) is 0 Å². The second-order valence-electron chi connectivity index (χ2n) is 13.6. The number of amides is 3. The summed E-state index contributed by atoms with van der Waals surface area (Å²) in [6.07, 6.45) is 8.42. The van der Waals surface area contributed by atoms with Crippen LogP contribution < -0.4 is 20.1 Å². The molecule has 1 aromatic carbocycles. The zero-order valence-corrected chi connectivity index (χ0v) is 29.8. The number of rotatable bonds is 6. The Morgan fingerprint density at radius 3 is 2.71 bits per heavy atom. The fraction of sp³-hybridized carbons (Fsp3) is 0.571. The van der Waals surface area contributed by atoms with Crippen LogP contribution in [0, 0.1) is 5.92 Å². The molecule has 1 saturated carbocycles. The predicted molar refractivity (Wildman–Crippen MR) is 182 cm³/mol. The van der Waals surface area contributed by atoms with Crippen molar-refractivity contribution in [2.24, 2.45) is 5.92 Å². The smallest absolute Gasteiger partial charge is 0.408 e. The first-order valence-electron chi connectivity index (χ1n) is 16.6. The van der Waals surface area contributed by atoms with Gasteiger partial charge in [0.25, 0.3) is 0 Å². The number of carbonyl (C=O) groups excluding carboxylic acids is 4. The summed E-state index contributed by atoms with van der Waals surface area (Å²) in [7, 11) is 1.59. The van der Waals surface area contributed by atoms with Crippen molar-refractivity contribution in [3.05, 3.63) is 41.0 Å². The van der Waals surface area contributed by atoms with E-state index >= 15 is 0 Å². The van der Waals surface area contributed by atoms with E-state index in [1.165, 1.54) is 4.90 Å². The Bertz CT molecular complexity index is 1580. The summed E-state index contributed by atoms with van der Waals surface area (Å²) in [5, 5.41) is 7.31. The first kappa shape index (κ1) is 35.4. The summed E-state index contributed by atoms with van der Waals surface area (Å²) < 4.78 is 23.5. The molecule has 1 aromatic heterocycles. The summed E-state index contributed by atoms with van der Waals surface area (Å²) in [6, 6.07) is 3.66. The molecule has 3 heterocycles. The average molecular weight is 730 g/mol. The van der Waals surface area contributed by atoms with Crippen molar-refractivity contribution in [2.45, 2.75) is 102 Å². The molecule has 2 N–H and O–H groups in total. The molecule has 0 radical (unpaired) electrons. The highest BCUT2D eigenvalue weighted by atomic mass is 79.9. The summed E-state index contributed by atoms with van der Waals surface area (Å²) in [6.45, 7) is 7.22. The molecule has 2 aliphatic heterocycles. The number of pyridine rings is 1. The lowest BCUT2D eigenvalue weighted by molar-refractivity contribution is -0.150. The average Bonchev–Trinajstić information content (AvgIpc) is 3.55. The molecule has 5 atom stereocenters. The standard InChI is InChI=1S/C35H45BrN4O8/c1-6-46-32(43)35-19-22(35)12-10-8-7-9-11-13-26(38-33(44)48-34(2,3)4)31(42)40-20-23(17-27(40)29(41)39-35)47-30-24-18-25(36)28(45-5)16-21(24)14-15-37-30/h10,12,14-16,18,22-23,26-27H,6-9,11,13,17,19-20H2,1-5H3,(H,38,44)(H,39,41)/b12-10-/t22-,23-,26+,27+,35-/m1/s1. The Morgan fingerprint density at radius 1 is 1.19 bits per heavy atom. The van der Waals surface area contributed by atoms with Crippen molar-refractivity contribution in [2.75, 3.05) is 20.3 Å². The van der Waals surface area contributed by atoms with Gasteiger partial charge in [0.15, 0.2) is 0 Å². The molecule has 5 rings (SSSR count). The van der Waals surface area contributed by atoms with E-state index in [0.717, 1.165) is 34.5 Å². The summed E-state index contributed by atoms with van der Waals surface area (Å²) in [5.74, 6) is -0.610. The minimum atomic E-state index is -1.20. The van der Waals surface area contributed by atoms with Crippen LogP contribution in [0.1, 0.15) is 72.6 Å². The minimum absolute atomic E-state index is 0.0640. The lowest BCUT2D eigenvalue weighted by Crippen LogP contribution is -2.56. The predicted octanol–water partition coefficient (Wildman–Crippen LogP) is 5.21. The third-order valence-electron chi connectivity index (χ3n) is 8.85. The van der Waals surface area contributed by atoms with Gasteiger partial charge in [-0.05, 0) is 92.9 Å². The second kappa shape index (κ2) is 14.7. The molecule has 12 nitrogen and oxygen atoms in total. The van der Waals surface area contributed by atoms with E-state index < -0.39 is 53.2 Å². The number of halogens is 1. The van der Waals surface area contributed by atoms with Crippen molar-refractivity contribution in [1.29, 1.82) is 0 Å². The van der Waals surface area contributed by atoms with Gasteiger partial charge < -0.3 is 34.5 Å². The van der Waals surface area contributed by atoms with Crippen molar-refractivity contribution in [3.8, 4) is 11.6 Å². The number of ether oxygens (including phenoxy) is 4. The Morgan fingerprint density at radius 2 is 1.98 bits per heavy atom. The highest BCUT2D eigenvalue weighted by Gasteiger charge is 2.62. The Balaban J connectivity index is 1.47. The van der Waals surface area contributed by atoms with Gasteiger partial charge >= 0.3 is 12.1 Å². The molecule has 0 bridgehead atoms. The molecule has 0 unspecified atom stereocenters. The maximum atomic E-state index is 14.3. The SMILES string of the molecule is CCOC(=O)[C@@]12C[C@H]1/C=C\CCCCC[C@H](NC(=O)OC(C)(C)C)C(=O)N1C[C@H](Oc3nccc4cc(OC)c(Br)cc34)C[C@H]1C(=O)N2. The second-order valence-corrected chi connectivity index (χ2v) is 14.4. The number of hydrogen-bond donors (Lipinski definition) is 2. The normalized spacial score (nSPS) is 27.0. The van der Waals surface area contributed by atoms with Gasteiger partial charge in [-0.2, -0.15) is 0 Å². The highest BCUT2D eigenvalue weighted by Crippen LogP contribution is 2.46. The summed E-state index contributed by atoms with van der Waals surface area (Å²) in [4.78, 5) is 60.5. The number of alkyl carbamates (subject to hydrolysis) is 1. The number of allylic oxidation sites excluding steroid dienone is 1. The Hall–Kier alpha value is -3.87. The lowest BCUT2D eigenvalue weighted by atomic mass is 10.0. The monoisotopic (exact) mass is 728 g/mol. The third-order valence-corrected chi connectivity index (χ3v) is 9.47. The summed E-state index contributed by atoms with van der Waals surface area (Å²) >= 11 is 3.53. The van der Waals surface area contributed by atoms with Crippen molar-refractivity contribution >= 4 is 50.6 Å². The van der Waals surface area contributed by atoms with Crippen LogP contribution in [0.25, 0.3) is 10.8 Å². The molecule has 1 aliphatic carbocycles. The van der Waals surface area contributed by atoms with Crippen LogP contribution in [0.3, 0.4) is 0 Å². The first-order chi connectivity index (χ1) is 22.8. The molecule has 3 aliphatic rings. The van der Waals surface area contributed by atoms with Crippen LogP contribution in [-0.4, -0.2) is 83.3 Å². The lowest BCUT2D eigenvalue weighted by Gasteiger charge is -2.30. The Labute approximate surface area is 289 Å². The highest BCUT2D eigenvalue weighted by molar-refractivity contribution is 9.10. The number of nitrogens with one attached hydrogen (secondary N) is 2. The minimum Gasteiger partial charge on any atom is -0.496 e. The number of methoxy groups -OCH3 is 1. The Kier molecular flexibility index (Phi) is 10.9. The summed E-state index contributed by atoms with van der Waals surface area (Å²) in [5.41, 5.74) is -1.96. The van der Waals surface area contributed by atoms with E-state index in [4.69, 9.17) is 18.9 Å². The van der Waals surface area contributed by atoms with E-state index in [0.29, 0.717) is 30.9 Å². The van der Waals surface area contributed by atoms with E-state index in [9.17, 15) is 19.2 Å². The molecule has 48 heavy (non-hydrogen) atoms. The van der Waals surface area contributed by atoms with Gasteiger partial charge in [-0.25, -0.2) is 14.6 Å². The van der Waals surface area contributed by atoms with Gasteiger partial charge in [0.2, 0.25) is 17.7 Å². The fourth-order valence-electron chi connectivity index (χ4n) is 6.40. The van der Waals surface area contributed by atoms with Gasteiger partial charge in [-0.15, -0.1) is 0 Å². The van der Waals surface area contributed by atoms with E-state index in [1.807, 2.05) is 30.4 Å². The number of aromatic nitrogens is 1. The zero-order chi connectivity index (χ0) is 34.6. The van der Waals surface area contributed by atoms with Crippen molar-refractivity contribution in [1.82, 2.24) is 20.5 Å². The van der Waals surface area contributed by atoms with Gasteiger partial charge in [0.1, 0.15) is 35.1 Å². The molecule has 13 heteroatoms. The van der Waals surface area contributed by atoms with Crippen LogP contribution in [-0.2, 0) is 23.9 Å². The number of nitrogens with zero attached hydrogens (tertiary/aromatic N) is 2. The number of carbonyl (C=O) groups is 4. The number of benzene rings is 1. The largest absolute Gasteiger partial charge is 0.496 e. The van der Waals surface area contributed by atoms with Gasteiger partial charge in [0.05, 0.1) is 24.7 Å². The van der Waals surface area contributed by atoms with Gasteiger partial charge in [0, 0.05) is 23.9 Å². The number of hydrogen-bond acceptors (Lipinski definition) is 9. The maximum absolute atomic E-state index is 14.3. The topological polar surface area (TPSA) is 145 Å². The molecule has 0 spiro atoms. The molecular weight excluding hydrogens is 684 g/mol.